The number of likely N-dealkylation sites (tertiary alicyclic amines) is 1. The van der Waals surface area contributed by atoms with Crippen LogP contribution in [0.25, 0.3) is 0 Å². The van der Waals surface area contributed by atoms with Gasteiger partial charge in [-0.3, -0.25) is 10.1 Å². The van der Waals surface area contributed by atoms with Crippen molar-refractivity contribution in [2.45, 2.75) is 26.7 Å². The van der Waals surface area contributed by atoms with E-state index in [1.54, 1.807) is 4.90 Å². The smallest absolute Gasteiger partial charge is 0.323 e. The Morgan fingerprint density at radius 2 is 1.95 bits per heavy atom. The second-order valence-corrected chi connectivity index (χ2v) is 5.20. The number of hydrogen-bond donors (Lipinski definition) is 2. The molecular formula is C14H19N3O3. The van der Waals surface area contributed by atoms with Gasteiger partial charge in [0.15, 0.2) is 0 Å². The van der Waals surface area contributed by atoms with Gasteiger partial charge in [-0.1, -0.05) is 0 Å². The van der Waals surface area contributed by atoms with E-state index in [2.05, 4.69) is 10.3 Å². The predicted molar refractivity (Wildman–Crippen MR) is 74.7 cm³/mol. The number of pyridine rings is 1. The topological polar surface area (TPSA) is 82.5 Å². The number of amides is 2. The number of carbonyl (C=O) groups excluding carboxylic acids is 1. The van der Waals surface area contributed by atoms with Crippen LogP contribution < -0.4 is 5.32 Å². The number of hydrogen-bond acceptors (Lipinski definition) is 3. The number of nitrogens with zero attached hydrogens (tertiary/aromatic N) is 2. The summed E-state index contributed by atoms with van der Waals surface area (Å²) in [6.45, 7) is 4.75. The van der Waals surface area contributed by atoms with E-state index >= 15 is 0 Å². The lowest BCUT2D eigenvalue weighted by atomic mass is 9.97. The summed E-state index contributed by atoms with van der Waals surface area (Å²) in [5.74, 6) is -0.577. The number of carboxylic acid groups (broad SMARTS) is 1. The van der Waals surface area contributed by atoms with Gasteiger partial charge in [0.1, 0.15) is 5.82 Å². The molecule has 6 nitrogen and oxygen atoms in total. The minimum absolute atomic E-state index is 0.216. The number of carbonyl (C=O) groups is 2. The molecule has 0 unspecified atom stereocenters. The second kappa shape index (κ2) is 5.90. The first kappa shape index (κ1) is 14.3. The van der Waals surface area contributed by atoms with E-state index in [0.29, 0.717) is 31.7 Å². The van der Waals surface area contributed by atoms with Crippen LogP contribution in [0.1, 0.15) is 24.1 Å². The van der Waals surface area contributed by atoms with Gasteiger partial charge in [-0.05, 0) is 44.4 Å². The first-order valence-corrected chi connectivity index (χ1v) is 6.70. The quantitative estimate of drug-likeness (QED) is 0.866. The maximum Gasteiger partial charge on any atom is 0.323 e. The highest BCUT2D eigenvalue weighted by Gasteiger charge is 2.27. The second-order valence-electron chi connectivity index (χ2n) is 5.20. The molecule has 20 heavy (non-hydrogen) atoms. The van der Waals surface area contributed by atoms with Crippen molar-refractivity contribution in [3.8, 4) is 0 Å². The molecule has 1 saturated heterocycles. The fourth-order valence-corrected chi connectivity index (χ4v) is 2.42. The zero-order valence-corrected chi connectivity index (χ0v) is 11.7. The zero-order valence-electron chi connectivity index (χ0n) is 11.7. The molecule has 2 heterocycles. The Kier molecular flexibility index (Phi) is 4.22. The van der Waals surface area contributed by atoms with Crippen LogP contribution in [-0.2, 0) is 4.79 Å². The van der Waals surface area contributed by atoms with Crippen LogP contribution in [-0.4, -0.2) is 40.1 Å². The van der Waals surface area contributed by atoms with Crippen molar-refractivity contribution in [1.82, 2.24) is 9.88 Å². The Hall–Kier alpha value is -2.11. The number of urea groups is 1. The molecule has 1 fully saturated rings. The summed E-state index contributed by atoms with van der Waals surface area (Å²) in [5.41, 5.74) is 1.89. The van der Waals surface area contributed by atoms with E-state index in [4.69, 9.17) is 5.11 Å². The van der Waals surface area contributed by atoms with E-state index in [1.807, 2.05) is 26.0 Å². The van der Waals surface area contributed by atoms with E-state index in [1.165, 1.54) is 0 Å². The van der Waals surface area contributed by atoms with Gasteiger partial charge in [-0.25, -0.2) is 9.78 Å². The van der Waals surface area contributed by atoms with Crippen molar-refractivity contribution in [1.29, 1.82) is 0 Å². The summed E-state index contributed by atoms with van der Waals surface area (Å²) in [7, 11) is 0. The molecule has 108 valence electrons. The summed E-state index contributed by atoms with van der Waals surface area (Å²) >= 11 is 0. The number of carboxylic acids is 1. The largest absolute Gasteiger partial charge is 0.481 e. The van der Waals surface area contributed by atoms with Crippen LogP contribution in [0.15, 0.2) is 12.1 Å². The Balaban J connectivity index is 1.94. The minimum Gasteiger partial charge on any atom is -0.481 e. The number of nitrogens with one attached hydrogen (secondary N) is 1. The summed E-state index contributed by atoms with van der Waals surface area (Å²) in [4.78, 5) is 28.9. The van der Waals surface area contributed by atoms with Gasteiger partial charge in [-0.15, -0.1) is 0 Å². The molecule has 2 N–H and O–H groups in total. The Labute approximate surface area is 117 Å². The van der Waals surface area contributed by atoms with Crippen molar-refractivity contribution in [3.05, 3.63) is 23.4 Å². The fraction of sp³-hybridized carbons (Fsp3) is 0.500. The summed E-state index contributed by atoms with van der Waals surface area (Å²) in [6, 6.07) is 3.54. The molecule has 0 radical (unpaired) electrons. The van der Waals surface area contributed by atoms with Crippen molar-refractivity contribution < 1.29 is 14.7 Å². The van der Waals surface area contributed by atoms with Gasteiger partial charge in [0.2, 0.25) is 0 Å². The molecule has 1 aliphatic heterocycles. The molecule has 0 spiro atoms. The van der Waals surface area contributed by atoms with Crippen molar-refractivity contribution >= 4 is 17.8 Å². The normalized spacial score (nSPS) is 16.0. The molecule has 1 aliphatic rings. The predicted octanol–water partition coefficient (Wildman–Crippen LogP) is 2.03. The molecule has 2 rings (SSSR count). The molecule has 0 aromatic carbocycles. The Morgan fingerprint density at radius 1 is 1.30 bits per heavy atom. The van der Waals surface area contributed by atoms with Gasteiger partial charge in [0, 0.05) is 18.8 Å². The lowest BCUT2D eigenvalue weighted by molar-refractivity contribution is -0.143. The first-order valence-electron chi connectivity index (χ1n) is 6.70. The number of aromatic nitrogens is 1. The Bertz CT molecular complexity index is 502. The average Bonchev–Trinajstić information content (AvgIpc) is 2.37. The van der Waals surface area contributed by atoms with E-state index in [-0.39, 0.29) is 11.9 Å². The summed E-state index contributed by atoms with van der Waals surface area (Å²) in [5, 5.41) is 11.7. The van der Waals surface area contributed by atoms with Gasteiger partial charge in [0.25, 0.3) is 0 Å². The summed E-state index contributed by atoms with van der Waals surface area (Å²) in [6.07, 6.45) is 1.01. The molecule has 0 saturated carbocycles. The van der Waals surface area contributed by atoms with Gasteiger partial charge >= 0.3 is 12.0 Å². The van der Waals surface area contributed by atoms with Crippen molar-refractivity contribution in [2.24, 2.45) is 5.92 Å². The average molecular weight is 277 g/mol. The maximum absolute atomic E-state index is 12.1. The third kappa shape index (κ3) is 3.46. The third-order valence-corrected chi connectivity index (χ3v) is 3.46. The third-order valence-electron chi connectivity index (χ3n) is 3.46. The van der Waals surface area contributed by atoms with E-state index < -0.39 is 5.97 Å². The number of rotatable bonds is 2. The van der Waals surface area contributed by atoms with Gasteiger partial charge in [-0.2, -0.15) is 0 Å². The van der Waals surface area contributed by atoms with Crippen LogP contribution in [0.4, 0.5) is 10.6 Å². The van der Waals surface area contributed by atoms with Crippen LogP contribution in [0.5, 0.6) is 0 Å². The highest BCUT2D eigenvalue weighted by Crippen LogP contribution is 2.18. The van der Waals surface area contributed by atoms with Crippen molar-refractivity contribution in [2.75, 3.05) is 18.4 Å². The van der Waals surface area contributed by atoms with Crippen molar-refractivity contribution in [3.63, 3.8) is 0 Å². The van der Waals surface area contributed by atoms with Gasteiger partial charge < -0.3 is 10.0 Å². The van der Waals surface area contributed by atoms with Crippen LogP contribution in [0.2, 0.25) is 0 Å². The van der Waals surface area contributed by atoms with E-state index in [9.17, 15) is 9.59 Å². The number of aryl methyl sites for hydroxylation is 2. The highest BCUT2D eigenvalue weighted by atomic mass is 16.4. The lowest BCUT2D eigenvalue weighted by Crippen LogP contribution is -2.42. The fourth-order valence-electron chi connectivity index (χ4n) is 2.42. The SMILES string of the molecule is Cc1cc(C)nc(NC(=O)N2CCC(C(=O)O)CC2)c1. The molecule has 1 aromatic heterocycles. The number of aliphatic carboxylic acids is 1. The molecule has 0 atom stereocenters. The molecule has 0 aliphatic carbocycles. The number of anilines is 1. The number of piperidine rings is 1. The summed E-state index contributed by atoms with van der Waals surface area (Å²) < 4.78 is 0. The van der Waals surface area contributed by atoms with Crippen LogP contribution in [0, 0.1) is 19.8 Å². The molecule has 1 aromatic rings. The zero-order chi connectivity index (χ0) is 14.7. The molecule has 6 heteroatoms. The highest BCUT2D eigenvalue weighted by molar-refractivity contribution is 5.88. The first-order chi connectivity index (χ1) is 9.45. The van der Waals surface area contributed by atoms with E-state index in [0.717, 1.165) is 11.3 Å². The monoisotopic (exact) mass is 277 g/mol. The standard InChI is InChI=1S/C14H19N3O3/c1-9-7-10(2)15-12(8-9)16-14(20)17-5-3-11(4-6-17)13(18)19/h7-8,11H,3-6H2,1-2H3,(H,18,19)(H,15,16,20). The van der Waals surface area contributed by atoms with Gasteiger partial charge in [0.05, 0.1) is 5.92 Å². The molecule has 0 bridgehead atoms. The minimum atomic E-state index is -0.777. The van der Waals surface area contributed by atoms with Crippen LogP contribution in [0.3, 0.4) is 0 Å². The lowest BCUT2D eigenvalue weighted by Gasteiger charge is -2.30. The molecular weight excluding hydrogens is 258 g/mol. The molecule has 2 amide bonds. The van der Waals surface area contributed by atoms with Crippen LogP contribution >= 0.6 is 0 Å². The maximum atomic E-state index is 12.1. The Morgan fingerprint density at radius 3 is 2.50 bits per heavy atom.